The molecule has 2 heterocycles. The lowest BCUT2D eigenvalue weighted by molar-refractivity contribution is -0.130. The predicted octanol–water partition coefficient (Wildman–Crippen LogP) is 2.66. The zero-order valence-corrected chi connectivity index (χ0v) is 15.4. The molecule has 0 saturated carbocycles. The van der Waals surface area contributed by atoms with E-state index in [4.69, 9.17) is 4.74 Å². The van der Waals surface area contributed by atoms with Crippen molar-refractivity contribution in [1.29, 1.82) is 0 Å². The topological polar surface area (TPSA) is 88.1 Å². The molecule has 27 heavy (non-hydrogen) atoms. The van der Waals surface area contributed by atoms with E-state index in [1.807, 2.05) is 0 Å². The number of nitrogens with zero attached hydrogens (tertiary/aromatic N) is 2. The Morgan fingerprint density at radius 3 is 2.59 bits per heavy atom. The van der Waals surface area contributed by atoms with Crippen LogP contribution in [0.3, 0.4) is 0 Å². The molecule has 1 unspecified atom stereocenters. The van der Waals surface area contributed by atoms with E-state index in [2.05, 4.69) is 10.3 Å². The zero-order chi connectivity index (χ0) is 19.6. The van der Waals surface area contributed by atoms with Gasteiger partial charge in [-0.25, -0.2) is 4.79 Å². The van der Waals surface area contributed by atoms with Gasteiger partial charge in [-0.3, -0.25) is 9.59 Å². The van der Waals surface area contributed by atoms with Gasteiger partial charge in [0.2, 0.25) is 0 Å². The number of rotatable bonds is 4. The van der Waals surface area contributed by atoms with Crippen molar-refractivity contribution in [3.63, 3.8) is 0 Å². The molecule has 0 fully saturated rings. The maximum absolute atomic E-state index is 12.9. The number of nitrogens with one attached hydrogen (secondary N) is 1. The van der Waals surface area contributed by atoms with Gasteiger partial charge in [0.15, 0.2) is 0 Å². The Hall–Kier alpha value is -3.22. The Kier molecular flexibility index (Phi) is 4.94. The third-order valence-electron chi connectivity index (χ3n) is 4.32. The predicted molar refractivity (Wildman–Crippen MR) is 101 cm³/mol. The summed E-state index contributed by atoms with van der Waals surface area (Å²) in [5.41, 5.74) is -0.167. The summed E-state index contributed by atoms with van der Waals surface area (Å²) < 4.78 is 5.14. The summed E-state index contributed by atoms with van der Waals surface area (Å²) in [5.74, 6) is -0.650. The third kappa shape index (κ3) is 3.81. The van der Waals surface area contributed by atoms with Crippen molar-refractivity contribution in [2.45, 2.75) is 38.8 Å². The van der Waals surface area contributed by atoms with Crippen LogP contribution in [0.2, 0.25) is 0 Å². The Labute approximate surface area is 157 Å². The number of benzene rings is 1. The van der Waals surface area contributed by atoms with Crippen LogP contribution in [0.5, 0.6) is 0 Å². The lowest BCUT2D eigenvalue weighted by Crippen LogP contribution is -2.58. The molecule has 0 radical (unpaired) electrons. The normalized spacial score (nSPS) is 21.0. The number of fused-ring (bicyclic) bond motifs is 1. The molecule has 0 saturated heterocycles. The van der Waals surface area contributed by atoms with Crippen molar-refractivity contribution in [2.24, 2.45) is 4.99 Å². The summed E-state index contributed by atoms with van der Waals surface area (Å²) in [6.07, 6.45) is 6.74. The Morgan fingerprint density at radius 2 is 1.93 bits per heavy atom. The quantitative estimate of drug-likeness (QED) is 0.827. The number of amides is 2. The smallest absolute Gasteiger partial charge is 0.338 e. The van der Waals surface area contributed by atoms with E-state index in [0.717, 1.165) is 0 Å². The molecule has 1 aromatic rings. The average Bonchev–Trinajstić information content (AvgIpc) is 2.61. The zero-order valence-electron chi connectivity index (χ0n) is 15.4. The second kappa shape index (κ2) is 7.19. The van der Waals surface area contributed by atoms with E-state index in [0.29, 0.717) is 17.1 Å². The molecule has 140 valence electrons. The number of hydrogen-bond donors (Lipinski definition) is 1. The van der Waals surface area contributed by atoms with Crippen LogP contribution in [0, 0.1) is 0 Å². The lowest BCUT2D eigenvalue weighted by Gasteiger charge is -2.41. The first-order valence-corrected chi connectivity index (χ1v) is 8.68. The number of esters is 1. The maximum Gasteiger partial charge on any atom is 0.338 e. The molecule has 1 N–H and O–H groups in total. The van der Waals surface area contributed by atoms with Gasteiger partial charge in [-0.15, -0.1) is 0 Å². The molecule has 0 aliphatic carbocycles. The number of ether oxygens (including phenoxy) is 1. The molecule has 2 amide bonds. The van der Waals surface area contributed by atoms with Crippen molar-refractivity contribution >= 4 is 29.3 Å². The summed E-state index contributed by atoms with van der Waals surface area (Å²) in [5, 5.41) is 2.81. The summed E-state index contributed by atoms with van der Waals surface area (Å²) in [7, 11) is 0. The molecule has 1 aromatic carbocycles. The molecule has 2 aliphatic heterocycles. The molecule has 7 nitrogen and oxygen atoms in total. The number of hydrogen-bond acceptors (Lipinski definition) is 5. The molecule has 1 atom stereocenters. The van der Waals surface area contributed by atoms with Gasteiger partial charge in [-0.2, -0.15) is 4.99 Å². The minimum atomic E-state index is -1.09. The molecule has 3 rings (SSSR count). The Balaban J connectivity index is 1.76. The second-order valence-electron chi connectivity index (χ2n) is 6.87. The van der Waals surface area contributed by atoms with Crippen molar-refractivity contribution < 1.29 is 19.1 Å². The second-order valence-corrected chi connectivity index (χ2v) is 6.87. The first kappa shape index (κ1) is 18.6. The SMILES string of the molecule is CC(C)OC(=O)c1ccc(NC(=O)C2(C)CC(=O)N=C3C=CC=CN32)cc1. The largest absolute Gasteiger partial charge is 0.459 e. The van der Waals surface area contributed by atoms with Crippen molar-refractivity contribution in [3.05, 3.63) is 54.3 Å². The summed E-state index contributed by atoms with van der Waals surface area (Å²) in [6.45, 7) is 5.26. The molecule has 0 aromatic heterocycles. The van der Waals surface area contributed by atoms with Crippen LogP contribution in [0.25, 0.3) is 0 Å². The number of aliphatic imine (C=N–C) groups is 1. The number of carbonyl (C=O) groups excluding carboxylic acids is 3. The van der Waals surface area contributed by atoms with Gasteiger partial charge < -0.3 is 15.0 Å². The molecular formula is C20H21N3O4. The van der Waals surface area contributed by atoms with E-state index in [9.17, 15) is 14.4 Å². The Bertz CT molecular complexity index is 868. The minimum Gasteiger partial charge on any atom is -0.459 e. The van der Waals surface area contributed by atoms with Gasteiger partial charge in [0.25, 0.3) is 11.8 Å². The lowest BCUT2D eigenvalue weighted by atomic mass is 9.91. The molecule has 0 spiro atoms. The van der Waals surface area contributed by atoms with Gasteiger partial charge in [0.1, 0.15) is 11.4 Å². The number of carbonyl (C=O) groups is 3. The van der Waals surface area contributed by atoms with Gasteiger partial charge in [-0.05, 0) is 57.2 Å². The summed E-state index contributed by atoms with van der Waals surface area (Å²) in [4.78, 5) is 42.5. The maximum atomic E-state index is 12.9. The van der Waals surface area contributed by atoms with Gasteiger partial charge in [-0.1, -0.05) is 6.08 Å². The number of allylic oxidation sites excluding steroid dienone is 2. The van der Waals surface area contributed by atoms with Gasteiger partial charge in [0.05, 0.1) is 18.1 Å². The van der Waals surface area contributed by atoms with Crippen molar-refractivity contribution in [3.8, 4) is 0 Å². The highest BCUT2D eigenvalue weighted by atomic mass is 16.5. The van der Waals surface area contributed by atoms with E-state index in [1.54, 1.807) is 74.4 Å². The highest BCUT2D eigenvalue weighted by Gasteiger charge is 2.45. The van der Waals surface area contributed by atoms with Crippen LogP contribution < -0.4 is 5.32 Å². The fraction of sp³-hybridized carbons (Fsp3) is 0.300. The third-order valence-corrected chi connectivity index (χ3v) is 4.32. The van der Waals surface area contributed by atoms with Gasteiger partial charge in [0, 0.05) is 11.9 Å². The molecular weight excluding hydrogens is 346 g/mol. The fourth-order valence-electron chi connectivity index (χ4n) is 2.92. The van der Waals surface area contributed by atoms with E-state index >= 15 is 0 Å². The average molecular weight is 367 g/mol. The van der Waals surface area contributed by atoms with Crippen LogP contribution in [-0.2, 0) is 14.3 Å². The molecule has 2 aliphatic rings. The first-order valence-electron chi connectivity index (χ1n) is 8.68. The highest BCUT2D eigenvalue weighted by Crippen LogP contribution is 2.29. The summed E-state index contributed by atoms with van der Waals surface area (Å²) >= 11 is 0. The first-order chi connectivity index (χ1) is 12.8. The van der Waals surface area contributed by atoms with E-state index < -0.39 is 11.5 Å². The number of amidine groups is 1. The number of anilines is 1. The van der Waals surface area contributed by atoms with Crippen molar-refractivity contribution in [2.75, 3.05) is 5.32 Å². The molecule has 7 heteroatoms. The van der Waals surface area contributed by atoms with Crippen molar-refractivity contribution in [1.82, 2.24) is 4.90 Å². The van der Waals surface area contributed by atoms with Gasteiger partial charge >= 0.3 is 5.97 Å². The standard InChI is InChI=1S/C20H21N3O4/c1-13(2)27-18(25)14-7-9-15(10-8-14)21-19(26)20(3)12-17(24)22-16-6-4-5-11-23(16)20/h4-11,13H,12H2,1-3H3,(H,21,26). The van der Waals surface area contributed by atoms with Crippen LogP contribution in [0.15, 0.2) is 53.7 Å². The van der Waals surface area contributed by atoms with Crippen LogP contribution in [-0.4, -0.2) is 40.2 Å². The van der Waals surface area contributed by atoms with E-state index in [1.165, 1.54) is 0 Å². The van der Waals surface area contributed by atoms with E-state index in [-0.39, 0.29) is 24.3 Å². The minimum absolute atomic E-state index is 0.0285. The fourth-order valence-corrected chi connectivity index (χ4v) is 2.92. The van der Waals surface area contributed by atoms with Crippen LogP contribution in [0.1, 0.15) is 37.6 Å². The highest BCUT2D eigenvalue weighted by molar-refractivity contribution is 6.12. The monoisotopic (exact) mass is 367 g/mol. The summed E-state index contributed by atoms with van der Waals surface area (Å²) in [6, 6.07) is 6.43. The van der Waals surface area contributed by atoms with Crippen LogP contribution >= 0.6 is 0 Å². The Morgan fingerprint density at radius 1 is 1.22 bits per heavy atom. The molecule has 0 bridgehead atoms. The van der Waals surface area contributed by atoms with Crippen LogP contribution in [0.4, 0.5) is 5.69 Å².